The molecule has 21 heavy (non-hydrogen) atoms. The minimum absolute atomic E-state index is 0.880. The highest BCUT2D eigenvalue weighted by molar-refractivity contribution is 7.98. The molecule has 1 aromatic carbocycles. The topological polar surface area (TPSA) is 37.8 Å². The molecule has 0 aliphatic carbocycles. The van der Waals surface area contributed by atoms with E-state index in [1.807, 2.05) is 6.07 Å². The second-order valence-corrected chi connectivity index (χ2v) is 6.06. The summed E-state index contributed by atoms with van der Waals surface area (Å²) in [6.45, 7) is 7.25. The summed E-state index contributed by atoms with van der Waals surface area (Å²) >= 11 is 1.77. The maximum Gasteiger partial charge on any atom is 0.132 e. The average molecular weight is 301 g/mol. The smallest absolute Gasteiger partial charge is 0.132 e. The molecule has 1 N–H and O–H groups in total. The molecule has 0 saturated heterocycles. The number of hydrogen-bond donors (Lipinski definition) is 1. The van der Waals surface area contributed by atoms with Gasteiger partial charge in [-0.3, -0.25) is 0 Å². The SMILES string of the molecule is CCCc1nc(NCC)cc(SCc2cccc(C)c2)n1. The van der Waals surface area contributed by atoms with Crippen molar-refractivity contribution >= 4 is 17.6 Å². The van der Waals surface area contributed by atoms with Crippen LogP contribution in [0.2, 0.25) is 0 Å². The molecule has 1 aromatic heterocycles. The number of nitrogens with one attached hydrogen (secondary N) is 1. The first kappa shape index (κ1) is 15.8. The van der Waals surface area contributed by atoms with Crippen molar-refractivity contribution in [1.29, 1.82) is 0 Å². The van der Waals surface area contributed by atoms with E-state index in [1.54, 1.807) is 11.8 Å². The fourth-order valence-electron chi connectivity index (χ4n) is 2.11. The van der Waals surface area contributed by atoms with Crippen LogP contribution in [0.1, 0.15) is 37.2 Å². The molecule has 0 bridgehead atoms. The number of nitrogens with zero attached hydrogens (tertiary/aromatic N) is 2. The Hall–Kier alpha value is -1.55. The van der Waals surface area contributed by atoms with Gasteiger partial charge in [-0.2, -0.15) is 0 Å². The Bertz CT molecular complexity index is 560. The van der Waals surface area contributed by atoms with Gasteiger partial charge >= 0.3 is 0 Å². The van der Waals surface area contributed by atoms with Crippen LogP contribution in [0.25, 0.3) is 0 Å². The second-order valence-electron chi connectivity index (χ2n) is 5.07. The summed E-state index contributed by atoms with van der Waals surface area (Å²) in [6, 6.07) is 10.7. The predicted octanol–water partition coefficient (Wildman–Crippen LogP) is 4.46. The van der Waals surface area contributed by atoms with Crippen LogP contribution in [-0.2, 0) is 12.2 Å². The standard InChI is InChI=1S/C17H23N3S/c1-4-7-15-19-16(18-5-2)11-17(20-15)21-12-14-9-6-8-13(3)10-14/h6,8-11H,4-5,7,12H2,1-3H3,(H,18,19,20). The van der Waals surface area contributed by atoms with Crippen LogP contribution in [0.5, 0.6) is 0 Å². The Kier molecular flexibility index (Phi) is 6.05. The molecule has 0 atom stereocenters. The Balaban J connectivity index is 2.10. The molecule has 0 aliphatic rings. The first-order chi connectivity index (χ1) is 10.2. The van der Waals surface area contributed by atoms with Crippen LogP contribution >= 0.6 is 11.8 Å². The molecule has 0 aliphatic heterocycles. The molecule has 0 spiro atoms. The van der Waals surface area contributed by atoms with E-state index < -0.39 is 0 Å². The lowest BCUT2D eigenvalue weighted by atomic mass is 10.2. The molecule has 4 heteroatoms. The summed E-state index contributed by atoms with van der Waals surface area (Å²) in [4.78, 5) is 9.20. The third-order valence-corrected chi connectivity index (χ3v) is 4.03. The minimum atomic E-state index is 0.880. The van der Waals surface area contributed by atoms with E-state index in [-0.39, 0.29) is 0 Å². The highest BCUT2D eigenvalue weighted by Crippen LogP contribution is 2.23. The van der Waals surface area contributed by atoms with Gasteiger partial charge in [0.05, 0.1) is 0 Å². The Morgan fingerprint density at radius 3 is 2.71 bits per heavy atom. The van der Waals surface area contributed by atoms with Crippen molar-refractivity contribution in [2.45, 2.75) is 44.4 Å². The van der Waals surface area contributed by atoms with Crippen molar-refractivity contribution in [2.75, 3.05) is 11.9 Å². The van der Waals surface area contributed by atoms with Gasteiger partial charge in [0.2, 0.25) is 0 Å². The van der Waals surface area contributed by atoms with E-state index in [0.29, 0.717) is 0 Å². The van der Waals surface area contributed by atoms with E-state index in [0.717, 1.165) is 41.8 Å². The monoisotopic (exact) mass is 301 g/mol. The number of aryl methyl sites for hydroxylation is 2. The second kappa shape index (κ2) is 8.03. The molecule has 2 rings (SSSR count). The number of benzene rings is 1. The summed E-state index contributed by atoms with van der Waals surface area (Å²) in [6.07, 6.45) is 1.99. The van der Waals surface area contributed by atoms with Crippen molar-refractivity contribution < 1.29 is 0 Å². The number of anilines is 1. The van der Waals surface area contributed by atoms with E-state index in [1.165, 1.54) is 11.1 Å². The molecule has 0 saturated carbocycles. The molecule has 0 amide bonds. The molecule has 0 radical (unpaired) electrons. The van der Waals surface area contributed by atoms with Gasteiger partial charge < -0.3 is 5.32 Å². The van der Waals surface area contributed by atoms with Gasteiger partial charge in [-0.05, 0) is 25.8 Å². The maximum absolute atomic E-state index is 4.65. The van der Waals surface area contributed by atoms with Crippen LogP contribution in [0.3, 0.4) is 0 Å². The average Bonchev–Trinajstić information content (AvgIpc) is 2.46. The summed E-state index contributed by atoms with van der Waals surface area (Å²) in [5.41, 5.74) is 2.64. The largest absolute Gasteiger partial charge is 0.370 e. The quantitative estimate of drug-likeness (QED) is 0.605. The van der Waals surface area contributed by atoms with Gasteiger partial charge in [0.15, 0.2) is 0 Å². The zero-order chi connectivity index (χ0) is 15.1. The fourth-order valence-corrected chi connectivity index (χ4v) is 2.97. The highest BCUT2D eigenvalue weighted by atomic mass is 32.2. The van der Waals surface area contributed by atoms with E-state index in [4.69, 9.17) is 0 Å². The number of thioether (sulfide) groups is 1. The van der Waals surface area contributed by atoms with Crippen molar-refractivity contribution in [3.8, 4) is 0 Å². The Morgan fingerprint density at radius 1 is 1.14 bits per heavy atom. The third-order valence-electron chi connectivity index (χ3n) is 3.05. The van der Waals surface area contributed by atoms with Crippen molar-refractivity contribution in [1.82, 2.24) is 9.97 Å². The zero-order valence-electron chi connectivity index (χ0n) is 13.0. The Morgan fingerprint density at radius 2 is 2.00 bits per heavy atom. The number of aromatic nitrogens is 2. The van der Waals surface area contributed by atoms with Gasteiger partial charge in [-0.1, -0.05) is 36.8 Å². The lowest BCUT2D eigenvalue weighted by molar-refractivity contribution is 0.810. The van der Waals surface area contributed by atoms with Crippen molar-refractivity contribution in [3.63, 3.8) is 0 Å². The minimum Gasteiger partial charge on any atom is -0.370 e. The fraction of sp³-hybridized carbons (Fsp3) is 0.412. The van der Waals surface area contributed by atoms with Crippen LogP contribution in [-0.4, -0.2) is 16.5 Å². The number of hydrogen-bond acceptors (Lipinski definition) is 4. The molecule has 112 valence electrons. The summed E-state index contributed by atoms with van der Waals surface area (Å²) in [5.74, 6) is 2.81. The third kappa shape index (κ3) is 5.05. The highest BCUT2D eigenvalue weighted by Gasteiger charge is 2.05. The van der Waals surface area contributed by atoms with Crippen LogP contribution in [0.15, 0.2) is 35.4 Å². The molecule has 2 aromatic rings. The molecule has 0 unspecified atom stereocenters. The van der Waals surface area contributed by atoms with E-state index in [9.17, 15) is 0 Å². The van der Waals surface area contributed by atoms with Gasteiger partial charge in [-0.15, -0.1) is 11.8 Å². The first-order valence-corrected chi connectivity index (χ1v) is 8.50. The molecule has 0 fully saturated rings. The van der Waals surface area contributed by atoms with Gasteiger partial charge in [0, 0.05) is 24.8 Å². The molecular weight excluding hydrogens is 278 g/mol. The van der Waals surface area contributed by atoms with Gasteiger partial charge in [0.1, 0.15) is 16.7 Å². The van der Waals surface area contributed by atoms with E-state index >= 15 is 0 Å². The van der Waals surface area contributed by atoms with Crippen LogP contribution in [0, 0.1) is 6.92 Å². The lowest BCUT2D eigenvalue weighted by Gasteiger charge is -2.08. The summed E-state index contributed by atoms with van der Waals surface area (Å²) < 4.78 is 0. The molecule has 3 nitrogen and oxygen atoms in total. The van der Waals surface area contributed by atoms with Crippen LogP contribution in [0.4, 0.5) is 5.82 Å². The van der Waals surface area contributed by atoms with Crippen molar-refractivity contribution in [2.24, 2.45) is 0 Å². The van der Waals surface area contributed by atoms with Gasteiger partial charge in [0.25, 0.3) is 0 Å². The summed E-state index contributed by atoms with van der Waals surface area (Å²) in [5, 5.41) is 4.34. The van der Waals surface area contributed by atoms with Gasteiger partial charge in [-0.25, -0.2) is 9.97 Å². The summed E-state index contributed by atoms with van der Waals surface area (Å²) in [7, 11) is 0. The normalized spacial score (nSPS) is 10.6. The lowest BCUT2D eigenvalue weighted by Crippen LogP contribution is -2.04. The number of rotatable bonds is 7. The molecule has 1 heterocycles. The van der Waals surface area contributed by atoms with Crippen LogP contribution < -0.4 is 5.32 Å². The first-order valence-electron chi connectivity index (χ1n) is 7.51. The van der Waals surface area contributed by atoms with E-state index in [2.05, 4.69) is 60.3 Å². The predicted molar refractivity (Wildman–Crippen MR) is 90.9 cm³/mol. The molecular formula is C17H23N3S. The maximum atomic E-state index is 4.65. The Labute approximate surface area is 131 Å². The zero-order valence-corrected chi connectivity index (χ0v) is 13.8. The van der Waals surface area contributed by atoms with Crippen molar-refractivity contribution in [3.05, 3.63) is 47.3 Å².